The van der Waals surface area contributed by atoms with Crippen molar-refractivity contribution in [3.63, 3.8) is 0 Å². The molecular weight excluding hydrogens is 409 g/mol. The Morgan fingerprint density at radius 3 is 2.45 bits per heavy atom. The molecule has 29 heavy (non-hydrogen) atoms. The first kappa shape index (κ1) is 20.5. The Balaban J connectivity index is 1.77. The zero-order chi connectivity index (χ0) is 21.2. The van der Waals surface area contributed by atoms with Crippen molar-refractivity contribution in [1.29, 1.82) is 0 Å². The fourth-order valence-corrected chi connectivity index (χ4v) is 7.35. The summed E-state index contributed by atoms with van der Waals surface area (Å²) < 4.78 is 31.7. The number of pyridine rings is 1. The number of halogens is 1. The van der Waals surface area contributed by atoms with Crippen LogP contribution in [0.15, 0.2) is 30.1 Å². The Bertz CT molecular complexity index is 1180. The van der Waals surface area contributed by atoms with Crippen molar-refractivity contribution < 1.29 is 8.42 Å². The van der Waals surface area contributed by atoms with E-state index >= 15 is 0 Å². The lowest BCUT2D eigenvalue weighted by molar-refractivity contribution is 0.206. The van der Waals surface area contributed by atoms with Gasteiger partial charge in [-0.2, -0.15) is 5.10 Å². The van der Waals surface area contributed by atoms with E-state index in [1.807, 2.05) is 37.6 Å². The highest BCUT2D eigenvalue weighted by Crippen LogP contribution is 2.45. The first-order valence-corrected chi connectivity index (χ1v) is 11.1. The van der Waals surface area contributed by atoms with Crippen molar-refractivity contribution in [3.05, 3.63) is 35.5 Å². The summed E-state index contributed by atoms with van der Waals surface area (Å²) in [6, 6.07) is 1.80. The number of fused-ring (bicyclic) bond motifs is 1. The van der Waals surface area contributed by atoms with Crippen LogP contribution in [0.4, 0.5) is 0 Å². The van der Waals surface area contributed by atoms with Gasteiger partial charge in [0.2, 0.25) is 0 Å². The second-order valence-corrected chi connectivity index (χ2v) is 11.0. The molecule has 1 fully saturated rings. The minimum atomic E-state index is -3.84. The molecule has 0 saturated carbocycles. The van der Waals surface area contributed by atoms with Gasteiger partial charge in [0.1, 0.15) is 44.0 Å². The van der Waals surface area contributed by atoms with Crippen molar-refractivity contribution in [3.8, 4) is 0 Å². The highest BCUT2D eigenvalue weighted by molar-refractivity contribution is 7.89. The predicted molar refractivity (Wildman–Crippen MR) is 120 cm³/mol. The average Bonchev–Trinajstić information content (AvgIpc) is 3.19. The van der Waals surface area contributed by atoms with Gasteiger partial charge in [-0.05, 0) is 35.0 Å². The molecule has 148 valence electrons. The van der Waals surface area contributed by atoms with Crippen LogP contribution in [0, 0.1) is 0 Å². The maximum Gasteiger partial charge on any atom is 0.277 e. The van der Waals surface area contributed by atoms with E-state index in [-0.39, 0.29) is 11.1 Å². The normalized spacial score (nSPS) is 20.2. The highest BCUT2D eigenvalue weighted by Gasteiger charge is 2.52. The standard InChI is InChI=1S/C14H20B4ClN7O2S/c1-24-7-21-23-12(24)29(27,28)26-13(15,16)3-8(4-14(26,17)18)9-5-25-11(2-10(9)19)20-6-22-25/h2,5-8H,3-4,15-18H2,1H3. The van der Waals surface area contributed by atoms with Crippen molar-refractivity contribution in [2.45, 2.75) is 34.6 Å². The molecule has 3 aromatic heterocycles. The summed E-state index contributed by atoms with van der Waals surface area (Å²) in [4.78, 5) is 4.17. The molecule has 15 heteroatoms. The number of piperidine rings is 1. The molecule has 0 aromatic carbocycles. The zero-order valence-corrected chi connectivity index (χ0v) is 18.6. The maximum atomic E-state index is 13.5. The van der Waals surface area contributed by atoms with Gasteiger partial charge in [0.15, 0.2) is 5.65 Å². The minimum absolute atomic E-state index is 0.0563. The van der Waals surface area contributed by atoms with Gasteiger partial charge in [-0.15, -0.1) is 10.2 Å². The van der Waals surface area contributed by atoms with Crippen LogP contribution in [0.1, 0.15) is 24.3 Å². The molecule has 0 N–H and O–H groups in total. The lowest BCUT2D eigenvalue weighted by atomic mass is 9.46. The Kier molecular flexibility index (Phi) is 4.67. The van der Waals surface area contributed by atoms with Gasteiger partial charge in [-0.3, -0.25) is 0 Å². The third-order valence-corrected chi connectivity index (χ3v) is 8.19. The number of hydrogen-bond donors (Lipinski definition) is 0. The number of nitrogens with zero attached hydrogens (tertiary/aromatic N) is 7. The molecule has 0 radical (unpaired) electrons. The van der Waals surface area contributed by atoms with E-state index in [2.05, 4.69) is 20.3 Å². The van der Waals surface area contributed by atoms with E-state index in [0.717, 1.165) is 5.56 Å². The van der Waals surface area contributed by atoms with Gasteiger partial charge in [-0.1, -0.05) is 11.6 Å². The van der Waals surface area contributed by atoms with Gasteiger partial charge in [-0.25, -0.2) is 22.2 Å². The summed E-state index contributed by atoms with van der Waals surface area (Å²) in [7, 11) is 5.55. The molecule has 1 aliphatic rings. The molecule has 1 aliphatic heterocycles. The third kappa shape index (κ3) is 3.30. The van der Waals surface area contributed by atoms with E-state index < -0.39 is 20.7 Å². The van der Waals surface area contributed by atoms with Crippen molar-refractivity contribution in [2.24, 2.45) is 7.05 Å². The Hall–Kier alpha value is -1.78. The molecule has 9 nitrogen and oxygen atoms in total. The molecule has 0 unspecified atom stereocenters. The van der Waals surface area contributed by atoms with E-state index in [0.29, 0.717) is 23.5 Å². The average molecular weight is 429 g/mol. The molecule has 0 spiro atoms. The van der Waals surface area contributed by atoms with Gasteiger partial charge >= 0.3 is 0 Å². The Morgan fingerprint density at radius 2 is 1.86 bits per heavy atom. The van der Waals surface area contributed by atoms with Gasteiger partial charge < -0.3 is 4.57 Å². The second-order valence-electron chi connectivity index (χ2n) is 8.86. The largest absolute Gasteiger partial charge is 0.306 e. The van der Waals surface area contributed by atoms with E-state index in [9.17, 15) is 8.42 Å². The summed E-state index contributed by atoms with van der Waals surface area (Å²) in [5.74, 6) is 0.0621. The summed E-state index contributed by atoms with van der Waals surface area (Å²) in [5.41, 5.74) is 1.63. The lowest BCUT2D eigenvalue weighted by Gasteiger charge is -2.54. The van der Waals surface area contributed by atoms with Crippen LogP contribution < -0.4 is 0 Å². The molecule has 0 amide bonds. The first-order chi connectivity index (χ1) is 13.4. The van der Waals surface area contributed by atoms with Gasteiger partial charge in [0.25, 0.3) is 15.2 Å². The molecule has 4 heterocycles. The van der Waals surface area contributed by atoms with E-state index in [1.54, 1.807) is 21.9 Å². The smallest absolute Gasteiger partial charge is 0.277 e. The van der Waals surface area contributed by atoms with Crippen LogP contribution in [-0.4, -0.2) is 84.1 Å². The minimum Gasteiger partial charge on any atom is -0.306 e. The highest BCUT2D eigenvalue weighted by atomic mass is 35.5. The van der Waals surface area contributed by atoms with Crippen LogP contribution in [0.25, 0.3) is 5.65 Å². The summed E-state index contributed by atoms with van der Waals surface area (Å²) in [6.45, 7) is 0. The zero-order valence-electron chi connectivity index (χ0n) is 17.0. The van der Waals surface area contributed by atoms with Crippen molar-refractivity contribution >= 4 is 58.7 Å². The number of aryl methyl sites for hydroxylation is 1. The van der Waals surface area contributed by atoms with E-state index in [4.69, 9.17) is 11.6 Å². The first-order valence-electron chi connectivity index (χ1n) is 9.32. The van der Waals surface area contributed by atoms with Crippen LogP contribution in [0.3, 0.4) is 0 Å². The van der Waals surface area contributed by atoms with Gasteiger partial charge in [0, 0.05) is 24.3 Å². The van der Waals surface area contributed by atoms with Crippen LogP contribution in [0.2, 0.25) is 5.02 Å². The molecule has 3 aromatic rings. The Labute approximate surface area is 177 Å². The lowest BCUT2D eigenvalue weighted by Crippen LogP contribution is -2.68. The molecule has 0 bridgehead atoms. The predicted octanol–water partition coefficient (Wildman–Crippen LogP) is -3.08. The second kappa shape index (κ2) is 6.61. The topological polar surface area (TPSA) is 98.3 Å². The molecule has 0 atom stereocenters. The number of hydrogen-bond acceptors (Lipinski definition) is 6. The summed E-state index contributed by atoms with van der Waals surface area (Å²) in [5, 5.41) is 11.0. The summed E-state index contributed by atoms with van der Waals surface area (Å²) >= 11 is 6.57. The molecule has 0 aliphatic carbocycles. The fourth-order valence-electron chi connectivity index (χ4n) is 4.87. The number of sulfonamides is 1. The number of rotatable bonds is 3. The van der Waals surface area contributed by atoms with Crippen LogP contribution >= 0.6 is 11.6 Å². The summed E-state index contributed by atoms with van der Waals surface area (Å²) in [6.07, 6.45) is 5.99. The fraction of sp³-hybridized carbons (Fsp3) is 0.429. The SMILES string of the molecule is BC1(B)CC(c2cn3ncnc3cc2Cl)CC(B)(B)N1S(=O)(=O)c1nncn1C. The van der Waals surface area contributed by atoms with Gasteiger partial charge in [0.05, 0.1) is 0 Å². The third-order valence-electron chi connectivity index (χ3n) is 5.57. The maximum absolute atomic E-state index is 13.5. The quantitative estimate of drug-likeness (QED) is 0.410. The number of aromatic nitrogens is 6. The Morgan fingerprint density at radius 1 is 1.21 bits per heavy atom. The van der Waals surface area contributed by atoms with Crippen LogP contribution in [0.5, 0.6) is 0 Å². The molecule has 4 rings (SSSR count). The van der Waals surface area contributed by atoms with E-state index in [1.165, 1.54) is 17.2 Å². The molecule has 1 saturated heterocycles. The van der Waals surface area contributed by atoms with Crippen LogP contribution in [-0.2, 0) is 17.1 Å². The van der Waals surface area contributed by atoms with Crippen molar-refractivity contribution in [1.82, 2.24) is 33.7 Å². The monoisotopic (exact) mass is 429 g/mol. The van der Waals surface area contributed by atoms with Crippen molar-refractivity contribution in [2.75, 3.05) is 0 Å². The molecular formula is C14H20B4ClN7O2S.